The SMILES string of the molecule is Cc1ccc(S(=O)(=O)N2CCC(C(=O)N(C)CC(=O)Nc3ccccc3Cl)CC2)cc1. The molecule has 1 fully saturated rings. The number of hydrogen-bond donors (Lipinski definition) is 1. The number of benzene rings is 2. The fraction of sp³-hybridized carbons (Fsp3) is 0.364. The predicted octanol–water partition coefficient (Wildman–Crippen LogP) is 3.15. The summed E-state index contributed by atoms with van der Waals surface area (Å²) >= 11 is 6.04. The highest BCUT2D eigenvalue weighted by molar-refractivity contribution is 7.89. The Kier molecular flexibility index (Phi) is 7.35. The van der Waals surface area contributed by atoms with Crippen molar-refractivity contribution in [3.05, 3.63) is 59.1 Å². The highest BCUT2D eigenvalue weighted by Gasteiger charge is 2.33. The molecule has 0 aromatic heterocycles. The van der Waals surface area contributed by atoms with Crippen LogP contribution < -0.4 is 5.32 Å². The molecule has 1 N–H and O–H groups in total. The summed E-state index contributed by atoms with van der Waals surface area (Å²) in [5, 5.41) is 3.12. The van der Waals surface area contributed by atoms with Crippen LogP contribution in [0.25, 0.3) is 0 Å². The van der Waals surface area contributed by atoms with Gasteiger partial charge in [-0.1, -0.05) is 41.4 Å². The van der Waals surface area contributed by atoms with E-state index in [-0.39, 0.29) is 42.3 Å². The Balaban J connectivity index is 1.54. The molecular formula is C22H26ClN3O4S. The van der Waals surface area contributed by atoms with Crippen molar-refractivity contribution in [3.8, 4) is 0 Å². The molecule has 1 heterocycles. The summed E-state index contributed by atoms with van der Waals surface area (Å²) < 4.78 is 27.1. The Hall–Kier alpha value is -2.42. The minimum atomic E-state index is -3.57. The highest BCUT2D eigenvalue weighted by atomic mass is 35.5. The van der Waals surface area contributed by atoms with Gasteiger partial charge in [0.15, 0.2) is 0 Å². The molecular weight excluding hydrogens is 438 g/mol. The molecule has 0 radical (unpaired) electrons. The van der Waals surface area contributed by atoms with Crippen molar-refractivity contribution >= 4 is 39.1 Å². The third kappa shape index (κ3) is 5.64. The zero-order valence-electron chi connectivity index (χ0n) is 17.5. The largest absolute Gasteiger partial charge is 0.336 e. The first-order valence-electron chi connectivity index (χ1n) is 10.0. The van der Waals surface area contributed by atoms with Crippen molar-refractivity contribution in [1.82, 2.24) is 9.21 Å². The third-order valence-corrected chi connectivity index (χ3v) is 7.61. The molecule has 0 unspecified atom stereocenters. The molecule has 0 atom stereocenters. The Morgan fingerprint density at radius 3 is 2.32 bits per heavy atom. The van der Waals surface area contributed by atoms with Crippen LogP contribution in [-0.2, 0) is 19.6 Å². The molecule has 1 aliphatic rings. The lowest BCUT2D eigenvalue weighted by atomic mass is 9.96. The van der Waals surface area contributed by atoms with E-state index in [4.69, 9.17) is 11.6 Å². The summed E-state index contributed by atoms with van der Waals surface area (Å²) in [5.74, 6) is -0.826. The van der Waals surface area contributed by atoms with Gasteiger partial charge in [-0.2, -0.15) is 4.31 Å². The Morgan fingerprint density at radius 2 is 1.71 bits per heavy atom. The van der Waals surface area contributed by atoms with E-state index in [2.05, 4.69) is 5.32 Å². The summed E-state index contributed by atoms with van der Waals surface area (Å²) in [6.07, 6.45) is 0.834. The maximum absolute atomic E-state index is 12.8. The van der Waals surface area contributed by atoms with Crippen molar-refractivity contribution < 1.29 is 18.0 Å². The van der Waals surface area contributed by atoms with E-state index in [1.54, 1.807) is 55.6 Å². The molecule has 7 nitrogen and oxygen atoms in total. The number of hydrogen-bond acceptors (Lipinski definition) is 4. The van der Waals surface area contributed by atoms with Crippen LogP contribution >= 0.6 is 11.6 Å². The molecule has 1 aliphatic heterocycles. The number of sulfonamides is 1. The number of likely N-dealkylation sites (N-methyl/N-ethyl adjacent to an activating group) is 1. The number of aryl methyl sites for hydroxylation is 1. The third-order valence-electron chi connectivity index (χ3n) is 5.37. The minimum absolute atomic E-state index is 0.105. The van der Waals surface area contributed by atoms with E-state index in [1.807, 2.05) is 6.92 Å². The van der Waals surface area contributed by atoms with Gasteiger partial charge in [-0.25, -0.2) is 8.42 Å². The smallest absolute Gasteiger partial charge is 0.244 e. The molecule has 0 spiro atoms. The Morgan fingerprint density at radius 1 is 1.10 bits per heavy atom. The molecule has 0 aliphatic carbocycles. The average molecular weight is 464 g/mol. The van der Waals surface area contributed by atoms with E-state index < -0.39 is 10.0 Å². The van der Waals surface area contributed by atoms with Gasteiger partial charge in [0.1, 0.15) is 0 Å². The number of piperidine rings is 1. The molecule has 166 valence electrons. The lowest BCUT2D eigenvalue weighted by Gasteiger charge is -2.32. The summed E-state index contributed by atoms with van der Waals surface area (Å²) in [5.41, 5.74) is 1.48. The van der Waals surface area contributed by atoms with Crippen LogP contribution in [0.3, 0.4) is 0 Å². The number of amides is 2. The van der Waals surface area contributed by atoms with Crippen molar-refractivity contribution in [2.75, 3.05) is 32.0 Å². The number of halogens is 1. The van der Waals surface area contributed by atoms with E-state index >= 15 is 0 Å². The van der Waals surface area contributed by atoms with Crippen LogP contribution in [-0.4, -0.2) is 56.1 Å². The van der Waals surface area contributed by atoms with Crippen LogP contribution in [0.5, 0.6) is 0 Å². The van der Waals surface area contributed by atoms with Crippen molar-refractivity contribution in [2.24, 2.45) is 5.92 Å². The van der Waals surface area contributed by atoms with Crippen molar-refractivity contribution in [1.29, 1.82) is 0 Å². The maximum Gasteiger partial charge on any atom is 0.244 e. The standard InChI is InChI=1S/C22H26ClN3O4S/c1-16-7-9-18(10-8-16)31(29,30)26-13-11-17(12-14-26)22(28)25(2)15-21(27)24-20-6-4-3-5-19(20)23/h3-10,17H,11-15H2,1-2H3,(H,24,27). The van der Waals surface area contributed by atoms with Crippen LogP contribution in [0.1, 0.15) is 18.4 Å². The van der Waals surface area contributed by atoms with Gasteiger partial charge >= 0.3 is 0 Å². The second-order valence-electron chi connectivity index (χ2n) is 7.71. The quantitative estimate of drug-likeness (QED) is 0.712. The maximum atomic E-state index is 12.8. The van der Waals surface area contributed by atoms with Gasteiger partial charge in [0.2, 0.25) is 21.8 Å². The average Bonchev–Trinajstić information content (AvgIpc) is 2.75. The molecule has 2 aromatic rings. The predicted molar refractivity (Wildman–Crippen MR) is 120 cm³/mol. The van der Waals surface area contributed by atoms with Gasteiger partial charge in [-0.05, 0) is 44.0 Å². The molecule has 31 heavy (non-hydrogen) atoms. The Bertz CT molecular complexity index is 1050. The second-order valence-corrected chi connectivity index (χ2v) is 10.1. The van der Waals surface area contributed by atoms with Gasteiger partial charge in [0.25, 0.3) is 0 Å². The van der Waals surface area contributed by atoms with Gasteiger partial charge in [-0.15, -0.1) is 0 Å². The molecule has 0 saturated carbocycles. The first kappa shape index (κ1) is 23.2. The number of carbonyl (C=O) groups excluding carboxylic acids is 2. The second kappa shape index (κ2) is 9.80. The Labute approximate surface area is 188 Å². The van der Waals surface area contributed by atoms with E-state index in [0.717, 1.165) is 5.56 Å². The number of carbonyl (C=O) groups is 2. The summed E-state index contributed by atoms with van der Waals surface area (Å²) in [6.45, 7) is 2.34. The highest BCUT2D eigenvalue weighted by Crippen LogP contribution is 2.25. The number of nitrogens with zero attached hydrogens (tertiary/aromatic N) is 2. The first-order valence-corrected chi connectivity index (χ1v) is 11.9. The zero-order chi connectivity index (χ0) is 22.6. The number of nitrogens with one attached hydrogen (secondary N) is 1. The molecule has 2 aromatic carbocycles. The zero-order valence-corrected chi connectivity index (χ0v) is 19.1. The van der Waals surface area contributed by atoms with Crippen molar-refractivity contribution in [3.63, 3.8) is 0 Å². The fourth-order valence-corrected chi connectivity index (χ4v) is 5.21. The minimum Gasteiger partial charge on any atom is -0.336 e. The number of rotatable bonds is 6. The van der Waals surface area contributed by atoms with Crippen LogP contribution in [0.2, 0.25) is 5.02 Å². The van der Waals surface area contributed by atoms with E-state index in [0.29, 0.717) is 23.6 Å². The molecule has 9 heteroatoms. The molecule has 1 saturated heterocycles. The van der Waals surface area contributed by atoms with E-state index in [9.17, 15) is 18.0 Å². The lowest BCUT2D eigenvalue weighted by Crippen LogP contribution is -2.45. The van der Waals surface area contributed by atoms with Crippen LogP contribution in [0.4, 0.5) is 5.69 Å². The van der Waals surface area contributed by atoms with Crippen LogP contribution in [0.15, 0.2) is 53.4 Å². The first-order chi connectivity index (χ1) is 14.7. The number of para-hydroxylation sites is 1. The van der Waals surface area contributed by atoms with Gasteiger partial charge in [0.05, 0.1) is 22.2 Å². The van der Waals surface area contributed by atoms with Crippen LogP contribution in [0, 0.1) is 12.8 Å². The van der Waals surface area contributed by atoms with E-state index in [1.165, 1.54) is 9.21 Å². The van der Waals surface area contributed by atoms with Crippen molar-refractivity contribution in [2.45, 2.75) is 24.7 Å². The fourth-order valence-electron chi connectivity index (χ4n) is 3.56. The van der Waals surface area contributed by atoms with Gasteiger partial charge in [0, 0.05) is 26.1 Å². The molecule has 2 amide bonds. The molecule has 3 rings (SSSR count). The summed E-state index contributed by atoms with van der Waals surface area (Å²) in [4.78, 5) is 26.7. The summed E-state index contributed by atoms with van der Waals surface area (Å²) in [7, 11) is -2.00. The van der Waals surface area contributed by atoms with Gasteiger partial charge in [-0.3, -0.25) is 9.59 Å². The normalized spacial score (nSPS) is 15.5. The summed E-state index contributed by atoms with van der Waals surface area (Å²) in [6, 6.07) is 13.6. The number of anilines is 1. The lowest BCUT2D eigenvalue weighted by molar-refractivity contribution is -0.138. The van der Waals surface area contributed by atoms with Gasteiger partial charge < -0.3 is 10.2 Å². The topological polar surface area (TPSA) is 86.8 Å². The monoisotopic (exact) mass is 463 g/mol. The molecule has 0 bridgehead atoms.